The lowest BCUT2D eigenvalue weighted by Crippen LogP contribution is -2.54. The van der Waals surface area contributed by atoms with Gasteiger partial charge in [-0.15, -0.1) is 6.42 Å². The van der Waals surface area contributed by atoms with Gasteiger partial charge < -0.3 is 24.8 Å². The molecule has 3 aliphatic heterocycles. The summed E-state index contributed by atoms with van der Waals surface area (Å²) in [7, 11) is 1.73. The third-order valence-corrected chi connectivity index (χ3v) is 10.3. The molecule has 3 aromatic carbocycles. The van der Waals surface area contributed by atoms with Crippen molar-refractivity contribution in [2.45, 2.75) is 43.9 Å². The zero-order chi connectivity index (χ0) is 32.4. The van der Waals surface area contributed by atoms with Crippen LogP contribution in [0.5, 0.6) is 11.8 Å². The number of hydrogen-bond acceptors (Lipinski definition) is 8. The van der Waals surface area contributed by atoms with Gasteiger partial charge in [-0.3, -0.25) is 4.90 Å². The van der Waals surface area contributed by atoms with Crippen LogP contribution in [0.4, 0.5) is 20.3 Å². The molecule has 2 bridgehead atoms. The second-order valence-corrected chi connectivity index (χ2v) is 13.5. The number of aromatic hydroxyl groups is 1. The van der Waals surface area contributed by atoms with Crippen LogP contribution >= 0.6 is 0 Å². The van der Waals surface area contributed by atoms with Crippen molar-refractivity contribution in [2.24, 2.45) is 5.41 Å². The lowest BCUT2D eigenvalue weighted by atomic mass is 9.92. The number of aromatic nitrogens is 2. The maximum atomic E-state index is 17.1. The molecule has 4 fully saturated rings. The van der Waals surface area contributed by atoms with Gasteiger partial charge in [0, 0.05) is 73.7 Å². The highest BCUT2D eigenvalue weighted by Gasteiger charge is 2.47. The maximum absolute atomic E-state index is 17.1. The van der Waals surface area contributed by atoms with Gasteiger partial charge in [-0.25, -0.2) is 13.6 Å². The van der Waals surface area contributed by atoms with Crippen molar-refractivity contribution in [1.82, 2.24) is 20.2 Å². The van der Waals surface area contributed by atoms with Gasteiger partial charge in [0.1, 0.15) is 28.7 Å². The Balaban J connectivity index is 1.26. The number of benzene rings is 3. The van der Waals surface area contributed by atoms with Crippen molar-refractivity contribution in [3.8, 4) is 35.2 Å². The molecule has 8 rings (SSSR count). The minimum atomic E-state index is -0.786. The molecule has 2 N–H and O–H groups in total. The van der Waals surface area contributed by atoms with E-state index >= 15 is 4.39 Å². The molecule has 4 aromatic rings. The molecular formula is C36H34F2N6O3. The standard InChI is InChI=1S/C36H34F2N6O3/c1-4-25-28(37)8-5-20-11-23(45)12-26(30(20)25)31-29(39-2)13-27-33(32(31)38)41-35(42-34(27)44-14-21-6-7-22(15-44)40-21)47-19-36(9-10-36)18-43-16-24(17-43)46-3/h1,5,8,11-13,21-22,24,40,45H,6-7,9-10,14-19H2,3H3. The van der Waals surface area contributed by atoms with Crippen LogP contribution in [-0.2, 0) is 4.74 Å². The number of piperazine rings is 1. The topological polar surface area (TPSA) is 87.3 Å². The van der Waals surface area contributed by atoms with E-state index in [1.165, 1.54) is 24.3 Å². The van der Waals surface area contributed by atoms with Crippen molar-refractivity contribution in [1.29, 1.82) is 0 Å². The van der Waals surface area contributed by atoms with Crippen LogP contribution < -0.4 is 15.0 Å². The minimum Gasteiger partial charge on any atom is -0.508 e. The summed E-state index contributed by atoms with van der Waals surface area (Å²) in [6.07, 6.45) is 10.1. The van der Waals surface area contributed by atoms with Crippen LogP contribution in [0.1, 0.15) is 31.2 Å². The van der Waals surface area contributed by atoms with Crippen LogP contribution in [0, 0.1) is 36.0 Å². The lowest BCUT2D eigenvalue weighted by Gasteiger charge is -2.40. The van der Waals surface area contributed by atoms with Crippen LogP contribution in [0.2, 0.25) is 0 Å². The Morgan fingerprint density at radius 2 is 1.89 bits per heavy atom. The number of phenols is 1. The molecule has 2 unspecified atom stereocenters. The van der Waals surface area contributed by atoms with E-state index in [-0.39, 0.29) is 68.6 Å². The molecular weight excluding hydrogens is 602 g/mol. The second-order valence-electron chi connectivity index (χ2n) is 13.5. The van der Waals surface area contributed by atoms with Gasteiger partial charge in [0.2, 0.25) is 0 Å². The second kappa shape index (κ2) is 11.3. The number of ether oxygens (including phenoxy) is 2. The fraction of sp³-hybridized carbons (Fsp3) is 0.417. The van der Waals surface area contributed by atoms with E-state index in [0.29, 0.717) is 36.3 Å². The summed E-state index contributed by atoms with van der Waals surface area (Å²) >= 11 is 0. The van der Waals surface area contributed by atoms with E-state index in [9.17, 15) is 9.50 Å². The van der Waals surface area contributed by atoms with E-state index in [1.807, 2.05) is 0 Å². The molecule has 1 aliphatic carbocycles. The van der Waals surface area contributed by atoms with Gasteiger partial charge in [0.25, 0.3) is 0 Å². The number of nitrogens with one attached hydrogen (secondary N) is 1. The van der Waals surface area contributed by atoms with E-state index in [2.05, 4.69) is 30.9 Å². The molecule has 3 saturated heterocycles. The summed E-state index contributed by atoms with van der Waals surface area (Å²) in [4.78, 5) is 17.7. The summed E-state index contributed by atoms with van der Waals surface area (Å²) in [5.74, 6) is 1.28. The Morgan fingerprint density at radius 1 is 1.13 bits per heavy atom. The Hall–Kier alpha value is -4.55. The lowest BCUT2D eigenvalue weighted by molar-refractivity contribution is -0.0410. The zero-order valence-electron chi connectivity index (χ0n) is 26.0. The molecule has 1 saturated carbocycles. The monoisotopic (exact) mass is 636 g/mol. The van der Waals surface area contributed by atoms with Crippen LogP contribution in [0.15, 0.2) is 30.3 Å². The smallest absolute Gasteiger partial charge is 0.319 e. The number of anilines is 1. The summed E-state index contributed by atoms with van der Waals surface area (Å²) in [6, 6.07) is 7.66. The first-order valence-corrected chi connectivity index (χ1v) is 16.0. The van der Waals surface area contributed by atoms with Gasteiger partial charge in [-0.1, -0.05) is 12.0 Å². The molecule has 0 radical (unpaired) electrons. The zero-order valence-corrected chi connectivity index (χ0v) is 26.0. The molecule has 4 aliphatic rings. The molecule has 0 spiro atoms. The number of likely N-dealkylation sites (tertiary alicyclic amines) is 1. The number of rotatable bonds is 8. The fourth-order valence-corrected chi connectivity index (χ4v) is 7.58. The minimum absolute atomic E-state index is 0.0102. The highest BCUT2D eigenvalue weighted by atomic mass is 19.1. The molecule has 11 heteroatoms. The summed E-state index contributed by atoms with van der Waals surface area (Å²) < 4.78 is 43.8. The van der Waals surface area contributed by atoms with Gasteiger partial charge in [0.15, 0.2) is 5.69 Å². The predicted octanol–water partition coefficient (Wildman–Crippen LogP) is 5.40. The quantitative estimate of drug-likeness (QED) is 0.197. The van der Waals surface area contributed by atoms with Gasteiger partial charge in [0.05, 0.1) is 24.8 Å². The Labute approximate surface area is 271 Å². The summed E-state index contributed by atoms with van der Waals surface area (Å²) in [6.45, 7) is 12.5. The number of methoxy groups -OCH3 is 1. The molecule has 2 atom stereocenters. The number of fused-ring (bicyclic) bond motifs is 4. The number of hydrogen-bond donors (Lipinski definition) is 2. The van der Waals surface area contributed by atoms with E-state index in [0.717, 1.165) is 45.3 Å². The van der Waals surface area contributed by atoms with E-state index in [1.54, 1.807) is 13.2 Å². The molecule has 0 amide bonds. The largest absolute Gasteiger partial charge is 0.508 e. The first kappa shape index (κ1) is 29.8. The van der Waals surface area contributed by atoms with Crippen molar-refractivity contribution in [3.63, 3.8) is 0 Å². The first-order chi connectivity index (χ1) is 22.8. The maximum Gasteiger partial charge on any atom is 0.319 e. The van der Waals surface area contributed by atoms with E-state index in [4.69, 9.17) is 27.5 Å². The Kier molecular flexibility index (Phi) is 7.17. The molecule has 1 aromatic heterocycles. The predicted molar refractivity (Wildman–Crippen MR) is 175 cm³/mol. The van der Waals surface area contributed by atoms with Crippen molar-refractivity contribution in [3.05, 3.63) is 58.9 Å². The first-order valence-electron chi connectivity index (χ1n) is 16.0. The van der Waals surface area contributed by atoms with Crippen molar-refractivity contribution in [2.75, 3.05) is 51.3 Å². The third kappa shape index (κ3) is 5.19. The fourth-order valence-electron chi connectivity index (χ4n) is 7.58. The highest BCUT2D eigenvalue weighted by Crippen LogP contribution is 2.48. The Bertz CT molecular complexity index is 2000. The molecule has 4 heterocycles. The van der Waals surface area contributed by atoms with E-state index < -0.39 is 11.6 Å². The molecule has 240 valence electrons. The Morgan fingerprint density at radius 3 is 2.57 bits per heavy atom. The number of halogens is 2. The number of terminal acetylenes is 1. The third-order valence-electron chi connectivity index (χ3n) is 10.3. The van der Waals surface area contributed by atoms with Crippen LogP contribution in [0.25, 0.3) is 37.6 Å². The average Bonchev–Trinajstić information content (AvgIpc) is 3.75. The van der Waals surface area contributed by atoms with Gasteiger partial charge in [-0.05, 0) is 60.9 Å². The van der Waals surface area contributed by atoms with Gasteiger partial charge >= 0.3 is 6.01 Å². The molecule has 9 nitrogen and oxygen atoms in total. The summed E-state index contributed by atoms with van der Waals surface area (Å²) in [5, 5.41) is 15.3. The average molecular weight is 637 g/mol. The SMILES string of the molecule is [C-]#[N+]c1cc2c(N3CC4CCC(C3)N4)nc(OCC3(CN4CC(OC)C4)CC3)nc2c(F)c1-c1cc(O)cc2ccc(F)c(C#C)c12. The number of phenolic OH excluding ortho intramolecular Hbond substituents is 1. The summed E-state index contributed by atoms with van der Waals surface area (Å²) in [5.41, 5.74) is -0.128. The number of nitrogens with zero attached hydrogens (tertiary/aromatic N) is 5. The van der Waals surface area contributed by atoms with Crippen LogP contribution in [0.3, 0.4) is 0 Å². The van der Waals surface area contributed by atoms with Crippen molar-refractivity contribution < 1.29 is 23.4 Å². The normalized spacial score (nSPS) is 21.9. The molecule has 47 heavy (non-hydrogen) atoms. The van der Waals surface area contributed by atoms with Crippen molar-refractivity contribution >= 4 is 33.2 Å². The van der Waals surface area contributed by atoms with Gasteiger partial charge in [-0.2, -0.15) is 9.97 Å². The van der Waals surface area contributed by atoms with Crippen LogP contribution in [-0.4, -0.2) is 84.6 Å². The highest BCUT2D eigenvalue weighted by molar-refractivity contribution is 6.07.